The van der Waals surface area contributed by atoms with Crippen LogP contribution in [0.5, 0.6) is 0 Å². The Kier molecular flexibility index (Phi) is 1.65. The van der Waals surface area contributed by atoms with E-state index in [-0.39, 0.29) is 5.23 Å². The molecule has 1 heterocycles. The number of hydrogen-bond acceptors (Lipinski definition) is 7. The molecule has 0 aromatic rings. The lowest BCUT2D eigenvalue weighted by molar-refractivity contribution is -0.705. The van der Waals surface area contributed by atoms with E-state index in [1.165, 1.54) is 0 Å². The topological polar surface area (TPSA) is 117 Å². The van der Waals surface area contributed by atoms with Gasteiger partial charge in [-0.1, -0.05) is 10.5 Å². The maximum absolute atomic E-state index is 10.1. The number of guanidine groups is 1. The van der Waals surface area contributed by atoms with Crippen LogP contribution >= 0.6 is 0 Å². The summed E-state index contributed by atoms with van der Waals surface area (Å²) < 4.78 is 0. The summed E-state index contributed by atoms with van der Waals surface area (Å²) in [6.07, 6.45) is 0. The van der Waals surface area contributed by atoms with E-state index in [0.717, 1.165) is 7.05 Å². The summed E-state index contributed by atoms with van der Waals surface area (Å²) in [5, 5.41) is 23.4. The zero-order chi connectivity index (χ0) is 9.30. The normalized spacial score (nSPS) is 15.6. The number of hydrazone groups is 1. The second kappa shape index (κ2) is 2.48. The predicted molar refractivity (Wildman–Crippen MR) is 34.2 cm³/mol. The van der Waals surface area contributed by atoms with E-state index in [2.05, 4.69) is 5.10 Å². The molecule has 1 aliphatic heterocycles. The Morgan fingerprint density at radius 1 is 1.50 bits per heavy atom. The third kappa shape index (κ3) is 1.04. The molecular formula is C2H4N6O4. The minimum Gasteiger partial charge on any atom is -0.390 e. The Morgan fingerprint density at radius 2 is 2.08 bits per heavy atom. The molecule has 1 rings (SSSR count). The molecule has 10 nitrogen and oxygen atoms in total. The van der Waals surface area contributed by atoms with Crippen molar-refractivity contribution in [2.45, 2.75) is 0 Å². The molecule has 0 spiro atoms. The zero-order valence-electron chi connectivity index (χ0n) is 5.87. The summed E-state index contributed by atoms with van der Waals surface area (Å²) in [5.41, 5.74) is 1.84. The Morgan fingerprint density at radius 3 is 2.33 bits per heavy atom. The predicted octanol–water partition coefficient (Wildman–Crippen LogP) is -1.61. The zero-order valence-corrected chi connectivity index (χ0v) is 5.87. The van der Waals surface area contributed by atoms with Crippen molar-refractivity contribution in [1.29, 1.82) is 0 Å². The minimum atomic E-state index is -0.875. The van der Waals surface area contributed by atoms with Gasteiger partial charge < -0.3 is 10.1 Å². The molecule has 1 N–H and O–H groups in total. The molecule has 0 atom stereocenters. The van der Waals surface area contributed by atoms with Crippen LogP contribution in [-0.2, 0) is 0 Å². The van der Waals surface area contributed by atoms with Gasteiger partial charge in [-0.3, -0.25) is 0 Å². The quantitative estimate of drug-likeness (QED) is 0.377. The van der Waals surface area contributed by atoms with E-state index in [9.17, 15) is 20.2 Å². The van der Waals surface area contributed by atoms with Gasteiger partial charge in [0.1, 0.15) is 0 Å². The molecule has 0 fully saturated rings. The average Bonchev–Trinajstić information content (AvgIpc) is 2.30. The molecule has 0 saturated carbocycles. The number of hydrazine groups is 3. The maximum Gasteiger partial charge on any atom is 0.480 e. The molecule has 0 amide bonds. The summed E-state index contributed by atoms with van der Waals surface area (Å²) >= 11 is 0. The minimum absolute atomic E-state index is 0.290. The Bertz CT molecular complexity index is 260. The summed E-state index contributed by atoms with van der Waals surface area (Å²) in [5.74, 6) is -0.633. The van der Waals surface area contributed by atoms with Gasteiger partial charge in [0, 0.05) is 5.10 Å². The number of rotatable bonds is 1. The fourth-order valence-electron chi connectivity index (χ4n) is 0.619. The fraction of sp³-hybridized carbons (Fsp3) is 0.500. The SMILES string of the molecule is CN1C([N+](=O)[O-])=NNN1[N+](=O)[O-]. The first-order valence-corrected chi connectivity index (χ1v) is 2.70. The van der Waals surface area contributed by atoms with Gasteiger partial charge in [-0.25, -0.2) is 10.1 Å². The molecule has 0 bridgehead atoms. The molecule has 66 valence electrons. The lowest BCUT2D eigenvalue weighted by Crippen LogP contribution is -2.48. The summed E-state index contributed by atoms with van der Waals surface area (Å²) in [6, 6.07) is 0. The molecule has 0 unspecified atom stereocenters. The van der Waals surface area contributed by atoms with Crippen LogP contribution in [0.25, 0.3) is 0 Å². The van der Waals surface area contributed by atoms with Crippen LogP contribution in [0.15, 0.2) is 5.10 Å². The van der Waals surface area contributed by atoms with Crippen LogP contribution in [0.2, 0.25) is 0 Å². The average molecular weight is 176 g/mol. The Labute approximate surface area is 65.2 Å². The van der Waals surface area contributed by atoms with Gasteiger partial charge in [0.25, 0.3) is 0 Å². The summed E-state index contributed by atoms with van der Waals surface area (Å²) in [6.45, 7) is 0. The third-order valence-electron chi connectivity index (χ3n) is 1.13. The number of nitrogens with one attached hydrogen (secondary N) is 1. The maximum atomic E-state index is 10.1. The van der Waals surface area contributed by atoms with Crippen molar-refractivity contribution in [2.75, 3.05) is 7.05 Å². The second-order valence-electron chi connectivity index (χ2n) is 1.82. The van der Waals surface area contributed by atoms with Crippen molar-refractivity contribution in [3.05, 3.63) is 20.2 Å². The van der Waals surface area contributed by atoms with E-state index in [0.29, 0.717) is 5.01 Å². The molecule has 12 heavy (non-hydrogen) atoms. The van der Waals surface area contributed by atoms with E-state index in [1.54, 1.807) is 0 Å². The van der Waals surface area contributed by atoms with Crippen LogP contribution in [0.4, 0.5) is 0 Å². The number of nitrogens with zero attached hydrogens (tertiary/aromatic N) is 5. The highest BCUT2D eigenvalue weighted by Gasteiger charge is 2.40. The van der Waals surface area contributed by atoms with Crippen molar-refractivity contribution in [3.63, 3.8) is 0 Å². The highest BCUT2D eigenvalue weighted by atomic mass is 16.7. The van der Waals surface area contributed by atoms with E-state index in [4.69, 9.17) is 0 Å². The van der Waals surface area contributed by atoms with Crippen LogP contribution in [0.1, 0.15) is 0 Å². The monoisotopic (exact) mass is 176 g/mol. The van der Waals surface area contributed by atoms with Gasteiger partial charge in [0.05, 0.1) is 7.05 Å². The standard InChI is InChI=1S/C2H4N6O4/c1-5-2(6(9)10)3-4-7(5)8(11)12/h4H,1H3. The highest BCUT2D eigenvalue weighted by molar-refractivity contribution is 5.71. The van der Waals surface area contributed by atoms with E-state index in [1.807, 2.05) is 5.53 Å². The van der Waals surface area contributed by atoms with Gasteiger partial charge in [0.15, 0.2) is 5.23 Å². The first-order chi connectivity index (χ1) is 5.54. The van der Waals surface area contributed by atoms with Crippen molar-refractivity contribution < 1.29 is 9.96 Å². The molecular weight excluding hydrogens is 172 g/mol. The summed E-state index contributed by atoms with van der Waals surface area (Å²) in [7, 11) is 1.14. The van der Waals surface area contributed by atoms with Crippen LogP contribution in [0.3, 0.4) is 0 Å². The molecule has 0 saturated heterocycles. The second-order valence-corrected chi connectivity index (χ2v) is 1.82. The van der Waals surface area contributed by atoms with Gasteiger partial charge in [-0.15, -0.1) is 0 Å². The van der Waals surface area contributed by atoms with Crippen LogP contribution in [-0.4, -0.2) is 33.2 Å². The Balaban J connectivity index is 2.76. The van der Waals surface area contributed by atoms with Gasteiger partial charge in [0.2, 0.25) is 5.03 Å². The third-order valence-corrected chi connectivity index (χ3v) is 1.13. The van der Waals surface area contributed by atoms with Crippen molar-refractivity contribution >= 4 is 5.96 Å². The molecule has 0 aliphatic carbocycles. The molecule has 1 aliphatic rings. The largest absolute Gasteiger partial charge is 0.480 e. The van der Waals surface area contributed by atoms with Gasteiger partial charge >= 0.3 is 5.96 Å². The Hall–Kier alpha value is -2.13. The van der Waals surface area contributed by atoms with Gasteiger partial charge in [-0.2, -0.15) is 0 Å². The lowest BCUT2D eigenvalue weighted by Gasteiger charge is -2.08. The molecule has 0 aromatic carbocycles. The lowest BCUT2D eigenvalue weighted by atomic mass is 10.9. The first-order valence-electron chi connectivity index (χ1n) is 2.70. The van der Waals surface area contributed by atoms with Crippen LogP contribution < -0.4 is 5.53 Å². The van der Waals surface area contributed by atoms with E-state index < -0.39 is 15.9 Å². The van der Waals surface area contributed by atoms with E-state index >= 15 is 0 Å². The van der Waals surface area contributed by atoms with Crippen LogP contribution in [0, 0.1) is 20.2 Å². The highest BCUT2D eigenvalue weighted by Crippen LogP contribution is 2.00. The molecule has 0 aromatic heterocycles. The van der Waals surface area contributed by atoms with Crippen molar-refractivity contribution in [3.8, 4) is 0 Å². The smallest absolute Gasteiger partial charge is 0.390 e. The molecule has 10 heteroatoms. The van der Waals surface area contributed by atoms with Crippen molar-refractivity contribution in [1.82, 2.24) is 15.8 Å². The van der Waals surface area contributed by atoms with Crippen molar-refractivity contribution in [2.24, 2.45) is 5.10 Å². The first kappa shape index (κ1) is 7.97. The number of nitro groups is 2. The molecule has 0 radical (unpaired) electrons. The number of hydrogen-bond donors (Lipinski definition) is 1. The van der Waals surface area contributed by atoms with Gasteiger partial charge in [-0.05, 0) is 4.92 Å². The fourth-order valence-corrected chi connectivity index (χ4v) is 0.619. The summed E-state index contributed by atoms with van der Waals surface area (Å²) in [4.78, 5) is 19.4.